The molecule has 0 radical (unpaired) electrons. The summed E-state index contributed by atoms with van der Waals surface area (Å²) in [7, 11) is 3.11. The molecule has 0 spiro atoms. The van der Waals surface area contributed by atoms with E-state index in [-0.39, 0.29) is 11.7 Å². The van der Waals surface area contributed by atoms with Gasteiger partial charge in [0.05, 0.1) is 24.8 Å². The lowest BCUT2D eigenvalue weighted by Crippen LogP contribution is -2.27. The summed E-state index contributed by atoms with van der Waals surface area (Å²) in [5.41, 5.74) is 1.25. The molecule has 1 heterocycles. The number of ether oxygens (including phenoxy) is 2. The first-order valence-corrected chi connectivity index (χ1v) is 8.55. The molecule has 0 saturated carbocycles. The molecule has 1 saturated heterocycles. The number of hydrogen-bond acceptors (Lipinski definition) is 6. The molecule has 0 aliphatic carbocycles. The standard InChI is InChI=1S/C18H15NO4S2/c1-22-14-8-3-5-11(16(14)23-2)9-15-17(21)19(18(24)25-15)12-6-4-7-13(20)10-12/h3-10,20H,1-2H3/b15-9-. The van der Waals surface area contributed by atoms with Crippen LogP contribution in [0.15, 0.2) is 47.4 Å². The van der Waals surface area contributed by atoms with Crippen LogP contribution in [0.3, 0.4) is 0 Å². The van der Waals surface area contributed by atoms with E-state index in [9.17, 15) is 9.90 Å². The average molecular weight is 373 g/mol. The number of carbonyl (C=O) groups is 1. The minimum absolute atomic E-state index is 0.0741. The van der Waals surface area contributed by atoms with Crippen molar-refractivity contribution in [2.75, 3.05) is 19.1 Å². The van der Waals surface area contributed by atoms with E-state index in [1.54, 1.807) is 38.5 Å². The van der Waals surface area contributed by atoms with E-state index in [2.05, 4.69) is 0 Å². The summed E-state index contributed by atoms with van der Waals surface area (Å²) in [4.78, 5) is 14.7. The number of aromatic hydroxyl groups is 1. The van der Waals surface area contributed by atoms with E-state index in [0.717, 1.165) is 5.56 Å². The molecule has 0 unspecified atom stereocenters. The molecule has 0 bridgehead atoms. The van der Waals surface area contributed by atoms with E-state index in [1.165, 1.54) is 28.8 Å². The van der Waals surface area contributed by atoms with Gasteiger partial charge in [-0.1, -0.05) is 42.2 Å². The smallest absolute Gasteiger partial charge is 0.270 e. The summed E-state index contributed by atoms with van der Waals surface area (Å²) < 4.78 is 11.1. The number of amides is 1. The number of rotatable bonds is 4. The van der Waals surface area contributed by atoms with Crippen LogP contribution >= 0.6 is 24.0 Å². The third-order valence-electron chi connectivity index (χ3n) is 3.60. The monoisotopic (exact) mass is 373 g/mol. The lowest BCUT2D eigenvalue weighted by atomic mass is 10.1. The van der Waals surface area contributed by atoms with Gasteiger partial charge in [-0.15, -0.1) is 0 Å². The number of anilines is 1. The topological polar surface area (TPSA) is 59.0 Å². The van der Waals surface area contributed by atoms with Gasteiger partial charge in [-0.3, -0.25) is 9.69 Å². The second-order valence-corrected chi connectivity index (χ2v) is 6.80. The van der Waals surface area contributed by atoms with Crippen molar-refractivity contribution in [1.29, 1.82) is 0 Å². The fraction of sp³-hybridized carbons (Fsp3) is 0.111. The largest absolute Gasteiger partial charge is 0.508 e. The molecule has 1 aliphatic heterocycles. The highest BCUT2D eigenvalue weighted by molar-refractivity contribution is 8.27. The fourth-order valence-electron chi connectivity index (χ4n) is 2.49. The van der Waals surface area contributed by atoms with Crippen molar-refractivity contribution in [2.45, 2.75) is 0 Å². The van der Waals surface area contributed by atoms with Gasteiger partial charge in [0.25, 0.3) is 5.91 Å². The van der Waals surface area contributed by atoms with Crippen molar-refractivity contribution in [3.05, 3.63) is 52.9 Å². The van der Waals surface area contributed by atoms with Crippen molar-refractivity contribution < 1.29 is 19.4 Å². The SMILES string of the molecule is COc1cccc(/C=C2\SC(=S)N(c3cccc(O)c3)C2=O)c1OC. The Morgan fingerprint density at radius 3 is 2.60 bits per heavy atom. The highest BCUT2D eigenvalue weighted by Gasteiger charge is 2.33. The maximum absolute atomic E-state index is 12.8. The van der Waals surface area contributed by atoms with Crippen LogP contribution in [0.1, 0.15) is 5.56 Å². The lowest BCUT2D eigenvalue weighted by Gasteiger charge is -2.14. The molecule has 3 rings (SSSR count). The number of phenols is 1. The Labute approximate surface area is 154 Å². The second-order valence-electron chi connectivity index (χ2n) is 5.12. The van der Waals surface area contributed by atoms with Crippen LogP contribution in [0.25, 0.3) is 6.08 Å². The Hall–Kier alpha value is -2.51. The van der Waals surface area contributed by atoms with Crippen molar-refractivity contribution in [1.82, 2.24) is 0 Å². The van der Waals surface area contributed by atoms with Crippen LogP contribution in [-0.4, -0.2) is 29.6 Å². The van der Waals surface area contributed by atoms with E-state index < -0.39 is 0 Å². The van der Waals surface area contributed by atoms with Crippen LogP contribution in [0, 0.1) is 0 Å². The van der Waals surface area contributed by atoms with Crippen molar-refractivity contribution in [3.63, 3.8) is 0 Å². The van der Waals surface area contributed by atoms with Crippen LogP contribution in [0.4, 0.5) is 5.69 Å². The first-order valence-electron chi connectivity index (χ1n) is 7.33. The van der Waals surface area contributed by atoms with Gasteiger partial charge in [-0.25, -0.2) is 0 Å². The van der Waals surface area contributed by atoms with Crippen LogP contribution in [0.5, 0.6) is 17.2 Å². The predicted octanol–water partition coefficient (Wildman–Crippen LogP) is 3.82. The molecule has 1 N–H and O–H groups in total. The minimum Gasteiger partial charge on any atom is -0.508 e. The van der Waals surface area contributed by atoms with Gasteiger partial charge in [-0.2, -0.15) is 0 Å². The summed E-state index contributed by atoms with van der Waals surface area (Å²) in [6, 6.07) is 11.9. The zero-order valence-corrected chi connectivity index (χ0v) is 15.2. The molecule has 0 aromatic heterocycles. The minimum atomic E-state index is -0.245. The number of phenolic OH excluding ortho intramolecular Hbond substituents is 1. The third kappa shape index (κ3) is 3.33. The Morgan fingerprint density at radius 1 is 1.16 bits per heavy atom. The summed E-state index contributed by atoms with van der Waals surface area (Å²) in [6.07, 6.45) is 1.73. The number of thiocarbonyl (C=S) groups is 1. The highest BCUT2D eigenvalue weighted by Crippen LogP contribution is 2.39. The molecule has 5 nitrogen and oxygen atoms in total. The number of benzene rings is 2. The maximum Gasteiger partial charge on any atom is 0.270 e. The summed E-state index contributed by atoms with van der Waals surface area (Å²) in [5.74, 6) is 0.961. The number of nitrogens with zero attached hydrogens (tertiary/aromatic N) is 1. The molecule has 1 fully saturated rings. The number of hydrogen-bond donors (Lipinski definition) is 1. The predicted molar refractivity (Wildman–Crippen MR) is 103 cm³/mol. The molecular formula is C18H15NO4S2. The number of thioether (sulfide) groups is 1. The zero-order chi connectivity index (χ0) is 18.0. The van der Waals surface area contributed by atoms with Gasteiger partial charge in [-0.05, 0) is 24.3 Å². The van der Waals surface area contributed by atoms with Gasteiger partial charge in [0.2, 0.25) is 0 Å². The van der Waals surface area contributed by atoms with E-state index in [4.69, 9.17) is 21.7 Å². The van der Waals surface area contributed by atoms with Gasteiger partial charge in [0.15, 0.2) is 15.8 Å². The quantitative estimate of drug-likeness (QED) is 0.650. The first-order chi connectivity index (χ1) is 12.0. The second kappa shape index (κ2) is 7.16. The molecule has 2 aromatic rings. The molecule has 1 amide bonds. The first kappa shape index (κ1) is 17.3. The number of methoxy groups -OCH3 is 2. The normalized spacial score (nSPS) is 15.8. The van der Waals surface area contributed by atoms with Crippen molar-refractivity contribution >= 4 is 46.0 Å². The molecule has 128 valence electrons. The van der Waals surface area contributed by atoms with E-state index in [1.807, 2.05) is 12.1 Å². The van der Waals surface area contributed by atoms with E-state index >= 15 is 0 Å². The fourth-order valence-corrected chi connectivity index (χ4v) is 3.78. The highest BCUT2D eigenvalue weighted by atomic mass is 32.2. The van der Waals surface area contributed by atoms with Crippen LogP contribution < -0.4 is 14.4 Å². The molecule has 7 heteroatoms. The third-order valence-corrected chi connectivity index (χ3v) is 4.90. The van der Waals surface area contributed by atoms with Gasteiger partial charge >= 0.3 is 0 Å². The Balaban J connectivity index is 1.99. The zero-order valence-electron chi connectivity index (χ0n) is 13.6. The molecular weight excluding hydrogens is 358 g/mol. The number of para-hydroxylation sites is 1. The molecule has 25 heavy (non-hydrogen) atoms. The van der Waals surface area contributed by atoms with Crippen molar-refractivity contribution in [3.8, 4) is 17.2 Å². The lowest BCUT2D eigenvalue weighted by molar-refractivity contribution is -0.113. The van der Waals surface area contributed by atoms with E-state index in [0.29, 0.717) is 26.4 Å². The molecule has 2 aromatic carbocycles. The van der Waals surface area contributed by atoms with Crippen LogP contribution in [0.2, 0.25) is 0 Å². The van der Waals surface area contributed by atoms with Crippen molar-refractivity contribution in [2.24, 2.45) is 0 Å². The van der Waals surface area contributed by atoms with Gasteiger partial charge in [0, 0.05) is 11.6 Å². The summed E-state index contributed by atoms with van der Waals surface area (Å²) >= 11 is 6.54. The molecule has 1 aliphatic rings. The van der Waals surface area contributed by atoms with Crippen LogP contribution in [-0.2, 0) is 4.79 Å². The Kier molecular flexibility index (Phi) is 4.96. The Morgan fingerprint density at radius 2 is 1.92 bits per heavy atom. The summed E-state index contributed by atoms with van der Waals surface area (Å²) in [6.45, 7) is 0. The maximum atomic E-state index is 12.8. The van der Waals surface area contributed by atoms with Gasteiger partial charge in [0.1, 0.15) is 5.75 Å². The average Bonchev–Trinajstić information content (AvgIpc) is 2.88. The summed E-state index contributed by atoms with van der Waals surface area (Å²) in [5, 5.41) is 9.64. The molecule has 0 atom stereocenters. The Bertz CT molecular complexity index is 879. The van der Waals surface area contributed by atoms with Gasteiger partial charge < -0.3 is 14.6 Å². The number of carbonyl (C=O) groups excluding carboxylic acids is 1.